The number of nitrogens with zero attached hydrogens (tertiary/aromatic N) is 2. The molecular formula is C20H21N3O2. The van der Waals surface area contributed by atoms with Crippen molar-refractivity contribution in [1.29, 1.82) is 0 Å². The van der Waals surface area contributed by atoms with Crippen LogP contribution >= 0.6 is 0 Å². The van der Waals surface area contributed by atoms with Gasteiger partial charge in [0.05, 0.1) is 29.5 Å². The molecule has 3 rings (SSSR count). The van der Waals surface area contributed by atoms with Gasteiger partial charge in [-0.2, -0.15) is 0 Å². The van der Waals surface area contributed by atoms with Crippen LogP contribution in [0.25, 0.3) is 11.0 Å². The van der Waals surface area contributed by atoms with Crippen LogP contribution in [0.5, 0.6) is 5.75 Å². The summed E-state index contributed by atoms with van der Waals surface area (Å²) < 4.78 is 5.32. The van der Waals surface area contributed by atoms with Gasteiger partial charge in [0.15, 0.2) is 0 Å². The zero-order valence-electron chi connectivity index (χ0n) is 14.7. The highest BCUT2D eigenvalue weighted by Gasteiger charge is 2.08. The molecule has 0 bridgehead atoms. The molecule has 0 unspecified atom stereocenters. The number of aromatic nitrogens is 2. The Balaban J connectivity index is 1.68. The Hall–Kier alpha value is -2.95. The molecule has 1 heterocycles. The van der Waals surface area contributed by atoms with Crippen LogP contribution in [0, 0.1) is 13.8 Å². The number of nitrogens with one attached hydrogen (secondary N) is 1. The van der Waals surface area contributed by atoms with Gasteiger partial charge in [-0.25, -0.2) is 9.97 Å². The van der Waals surface area contributed by atoms with Crippen molar-refractivity contribution in [2.75, 3.05) is 12.4 Å². The third-order valence-electron chi connectivity index (χ3n) is 4.17. The minimum atomic E-state index is -0.0398. The van der Waals surface area contributed by atoms with Crippen molar-refractivity contribution < 1.29 is 9.53 Å². The van der Waals surface area contributed by atoms with Gasteiger partial charge in [0.2, 0.25) is 5.91 Å². The number of benzene rings is 2. The standard InChI is InChI=1S/C20H21N3O2/c1-13-14(2)22-18-12-16(9-10-17(18)21-13)23-20(24)11-8-15-6-4-5-7-19(15)25-3/h4-7,9-10,12H,8,11H2,1-3H3,(H,23,24). The molecule has 0 radical (unpaired) electrons. The summed E-state index contributed by atoms with van der Waals surface area (Å²) >= 11 is 0. The first-order valence-electron chi connectivity index (χ1n) is 8.23. The summed E-state index contributed by atoms with van der Waals surface area (Å²) in [5, 5.41) is 2.93. The molecule has 0 aliphatic carbocycles. The molecule has 5 heteroatoms. The summed E-state index contributed by atoms with van der Waals surface area (Å²) in [6, 6.07) is 13.3. The Kier molecular flexibility index (Phi) is 4.93. The van der Waals surface area contributed by atoms with Crippen molar-refractivity contribution in [1.82, 2.24) is 9.97 Å². The van der Waals surface area contributed by atoms with Gasteiger partial charge in [-0.05, 0) is 50.1 Å². The number of aryl methyl sites for hydroxylation is 3. The molecule has 0 spiro atoms. The molecule has 1 amide bonds. The van der Waals surface area contributed by atoms with Crippen molar-refractivity contribution in [2.45, 2.75) is 26.7 Å². The van der Waals surface area contributed by atoms with E-state index in [2.05, 4.69) is 15.3 Å². The van der Waals surface area contributed by atoms with E-state index in [0.717, 1.165) is 39.4 Å². The molecule has 3 aromatic rings. The van der Waals surface area contributed by atoms with Gasteiger partial charge in [0.25, 0.3) is 0 Å². The lowest BCUT2D eigenvalue weighted by atomic mass is 10.1. The average molecular weight is 335 g/mol. The summed E-state index contributed by atoms with van der Waals surface area (Å²) in [4.78, 5) is 21.3. The zero-order valence-corrected chi connectivity index (χ0v) is 14.7. The van der Waals surface area contributed by atoms with E-state index in [1.165, 1.54) is 0 Å². The van der Waals surface area contributed by atoms with Crippen LogP contribution in [0.1, 0.15) is 23.4 Å². The Bertz CT molecular complexity index is 922. The summed E-state index contributed by atoms with van der Waals surface area (Å²) in [6.45, 7) is 3.87. The van der Waals surface area contributed by atoms with E-state index in [1.54, 1.807) is 7.11 Å². The normalized spacial score (nSPS) is 10.7. The predicted molar refractivity (Wildman–Crippen MR) is 99.0 cm³/mol. The summed E-state index contributed by atoms with van der Waals surface area (Å²) in [5.74, 6) is 0.768. The van der Waals surface area contributed by atoms with Gasteiger partial charge in [-0.15, -0.1) is 0 Å². The van der Waals surface area contributed by atoms with Crippen LogP contribution in [-0.2, 0) is 11.2 Å². The molecule has 128 valence electrons. The maximum atomic E-state index is 12.3. The molecule has 0 saturated carbocycles. The molecule has 0 fully saturated rings. The lowest BCUT2D eigenvalue weighted by Gasteiger charge is -2.09. The second-order valence-corrected chi connectivity index (χ2v) is 5.96. The largest absolute Gasteiger partial charge is 0.496 e. The van der Waals surface area contributed by atoms with Crippen molar-refractivity contribution in [3.8, 4) is 5.75 Å². The molecule has 0 saturated heterocycles. The van der Waals surface area contributed by atoms with E-state index in [9.17, 15) is 4.79 Å². The highest BCUT2D eigenvalue weighted by atomic mass is 16.5. The number of methoxy groups -OCH3 is 1. The van der Waals surface area contributed by atoms with Gasteiger partial charge in [0, 0.05) is 12.1 Å². The zero-order chi connectivity index (χ0) is 17.8. The van der Waals surface area contributed by atoms with Crippen LogP contribution < -0.4 is 10.1 Å². The molecule has 0 atom stereocenters. The monoisotopic (exact) mass is 335 g/mol. The molecule has 1 aromatic heterocycles. The maximum Gasteiger partial charge on any atom is 0.224 e. The van der Waals surface area contributed by atoms with Gasteiger partial charge >= 0.3 is 0 Å². The lowest BCUT2D eigenvalue weighted by molar-refractivity contribution is -0.116. The quantitative estimate of drug-likeness (QED) is 0.770. The van der Waals surface area contributed by atoms with Crippen molar-refractivity contribution in [2.24, 2.45) is 0 Å². The Morgan fingerprint density at radius 3 is 2.52 bits per heavy atom. The van der Waals surface area contributed by atoms with E-state index in [-0.39, 0.29) is 5.91 Å². The fraction of sp³-hybridized carbons (Fsp3) is 0.250. The average Bonchev–Trinajstić information content (AvgIpc) is 2.61. The molecule has 0 aliphatic heterocycles. The van der Waals surface area contributed by atoms with E-state index in [0.29, 0.717) is 12.8 Å². The molecule has 5 nitrogen and oxygen atoms in total. The number of carbonyl (C=O) groups is 1. The van der Waals surface area contributed by atoms with Crippen LogP contribution in [0.2, 0.25) is 0 Å². The molecule has 0 aliphatic rings. The highest BCUT2D eigenvalue weighted by Crippen LogP contribution is 2.20. The number of anilines is 1. The van der Waals surface area contributed by atoms with E-state index in [4.69, 9.17) is 4.74 Å². The minimum absolute atomic E-state index is 0.0398. The minimum Gasteiger partial charge on any atom is -0.496 e. The number of carbonyl (C=O) groups excluding carboxylic acids is 1. The van der Waals surface area contributed by atoms with Gasteiger partial charge in [0.1, 0.15) is 5.75 Å². The number of amides is 1. The van der Waals surface area contributed by atoms with E-state index < -0.39 is 0 Å². The molecule has 2 aromatic carbocycles. The second kappa shape index (κ2) is 7.30. The Labute approximate surface area is 147 Å². The summed E-state index contributed by atoms with van der Waals surface area (Å²) in [5.41, 5.74) is 5.18. The first-order chi connectivity index (χ1) is 12.1. The van der Waals surface area contributed by atoms with Crippen molar-refractivity contribution in [3.05, 3.63) is 59.4 Å². The van der Waals surface area contributed by atoms with Crippen LogP contribution in [0.15, 0.2) is 42.5 Å². The van der Waals surface area contributed by atoms with Crippen molar-refractivity contribution in [3.63, 3.8) is 0 Å². The Morgan fingerprint density at radius 2 is 1.76 bits per heavy atom. The fourth-order valence-corrected chi connectivity index (χ4v) is 2.69. The van der Waals surface area contributed by atoms with E-state index >= 15 is 0 Å². The van der Waals surface area contributed by atoms with Crippen LogP contribution in [0.4, 0.5) is 5.69 Å². The molecule has 1 N–H and O–H groups in total. The lowest BCUT2D eigenvalue weighted by Crippen LogP contribution is -2.12. The summed E-state index contributed by atoms with van der Waals surface area (Å²) in [7, 11) is 1.64. The number of rotatable bonds is 5. The fourth-order valence-electron chi connectivity index (χ4n) is 2.69. The first kappa shape index (κ1) is 16.9. The topological polar surface area (TPSA) is 64.1 Å². The maximum absolute atomic E-state index is 12.3. The third kappa shape index (κ3) is 3.94. The number of fused-ring (bicyclic) bond motifs is 1. The number of hydrogen-bond acceptors (Lipinski definition) is 4. The van der Waals surface area contributed by atoms with Gasteiger partial charge < -0.3 is 10.1 Å². The Morgan fingerprint density at radius 1 is 1.04 bits per heavy atom. The summed E-state index contributed by atoms with van der Waals surface area (Å²) in [6.07, 6.45) is 1.01. The van der Waals surface area contributed by atoms with Crippen LogP contribution in [0.3, 0.4) is 0 Å². The number of para-hydroxylation sites is 1. The number of hydrogen-bond donors (Lipinski definition) is 1. The SMILES string of the molecule is COc1ccccc1CCC(=O)Nc1ccc2nc(C)c(C)nc2c1. The third-order valence-corrected chi connectivity index (χ3v) is 4.17. The van der Waals surface area contributed by atoms with Crippen LogP contribution in [-0.4, -0.2) is 23.0 Å². The highest BCUT2D eigenvalue weighted by molar-refractivity contribution is 5.93. The van der Waals surface area contributed by atoms with E-state index in [1.807, 2.05) is 56.3 Å². The van der Waals surface area contributed by atoms with Gasteiger partial charge in [-0.3, -0.25) is 4.79 Å². The second-order valence-electron chi connectivity index (χ2n) is 5.96. The first-order valence-corrected chi connectivity index (χ1v) is 8.23. The van der Waals surface area contributed by atoms with Crippen molar-refractivity contribution >= 4 is 22.6 Å². The molecular weight excluding hydrogens is 314 g/mol. The van der Waals surface area contributed by atoms with Gasteiger partial charge in [-0.1, -0.05) is 18.2 Å². The number of ether oxygens (including phenoxy) is 1. The predicted octanol–water partition coefficient (Wildman–Crippen LogP) is 3.83. The smallest absolute Gasteiger partial charge is 0.224 e. The molecule has 25 heavy (non-hydrogen) atoms.